The van der Waals surface area contributed by atoms with Gasteiger partial charge in [-0.25, -0.2) is 4.79 Å². The average molecular weight is 268 g/mol. The van der Waals surface area contributed by atoms with Gasteiger partial charge in [0.05, 0.1) is 17.6 Å². The monoisotopic (exact) mass is 267 g/mol. The molecule has 94 valence electrons. The number of carbonyl (C=O) groups is 1. The van der Waals surface area contributed by atoms with Crippen LogP contribution in [0.3, 0.4) is 0 Å². The van der Waals surface area contributed by atoms with Crippen LogP contribution in [0.15, 0.2) is 18.2 Å². The van der Waals surface area contributed by atoms with E-state index >= 15 is 0 Å². The number of esters is 1. The fourth-order valence-corrected chi connectivity index (χ4v) is 1.33. The van der Waals surface area contributed by atoms with Crippen LogP contribution in [0.2, 0.25) is 0 Å². The Labute approximate surface area is 109 Å². The molecule has 0 aromatic heterocycles. The normalized spacial score (nSPS) is 9.22. The Kier molecular flexibility index (Phi) is 5.15. The van der Waals surface area contributed by atoms with Crippen LogP contribution >= 0.6 is 11.6 Å². The number of halogens is 1. The molecule has 0 N–H and O–H groups in total. The fourth-order valence-electron chi connectivity index (χ4n) is 1.24. The molecule has 0 heterocycles. The van der Waals surface area contributed by atoms with Gasteiger partial charge < -0.3 is 4.74 Å². The molecule has 0 radical (unpaired) electrons. The highest BCUT2D eigenvalue weighted by Crippen LogP contribution is 2.17. The molecule has 0 aliphatic rings. The molecule has 0 fully saturated rings. The van der Waals surface area contributed by atoms with E-state index in [0.717, 1.165) is 6.07 Å². The zero-order chi connectivity index (χ0) is 13.5. The van der Waals surface area contributed by atoms with E-state index in [4.69, 9.17) is 11.6 Å². The first-order valence-corrected chi connectivity index (χ1v) is 5.54. The molecule has 0 atom stereocenters. The highest BCUT2D eigenvalue weighted by atomic mass is 35.5. The Morgan fingerprint density at radius 3 is 2.78 bits per heavy atom. The first kappa shape index (κ1) is 14.0. The van der Waals surface area contributed by atoms with Crippen molar-refractivity contribution in [3.05, 3.63) is 39.4 Å². The minimum absolute atomic E-state index is 0.0990. The summed E-state index contributed by atoms with van der Waals surface area (Å²) in [5.41, 5.74) is 0.282. The van der Waals surface area contributed by atoms with Gasteiger partial charge in [-0.15, -0.1) is 11.6 Å². The lowest BCUT2D eigenvalue weighted by Gasteiger charge is -2.00. The third-order valence-electron chi connectivity index (χ3n) is 2.00. The maximum absolute atomic E-state index is 11.4. The molecule has 0 aliphatic carbocycles. The van der Waals surface area contributed by atoms with Crippen molar-refractivity contribution in [1.29, 1.82) is 0 Å². The van der Waals surface area contributed by atoms with E-state index in [1.807, 2.05) is 0 Å². The third-order valence-corrected chi connectivity index (χ3v) is 2.19. The van der Waals surface area contributed by atoms with E-state index < -0.39 is 10.9 Å². The summed E-state index contributed by atoms with van der Waals surface area (Å²) in [6.45, 7) is 0. The zero-order valence-corrected chi connectivity index (χ0v) is 10.4. The lowest BCUT2D eigenvalue weighted by atomic mass is 10.1. The SMILES string of the molecule is COC(=O)c1cc(C#CCCCl)cc([N+](=O)[O-])c1. The molecule has 1 rings (SSSR count). The molecule has 18 heavy (non-hydrogen) atoms. The number of non-ortho nitro benzene ring substituents is 1. The highest BCUT2D eigenvalue weighted by molar-refractivity contribution is 6.18. The van der Waals surface area contributed by atoms with Crippen molar-refractivity contribution >= 4 is 23.3 Å². The first-order valence-electron chi connectivity index (χ1n) is 5.01. The van der Waals surface area contributed by atoms with Crippen LogP contribution in [0.4, 0.5) is 5.69 Å². The van der Waals surface area contributed by atoms with Crippen LogP contribution in [-0.4, -0.2) is 23.9 Å². The van der Waals surface area contributed by atoms with Crippen LogP contribution < -0.4 is 0 Å². The molecular weight excluding hydrogens is 258 g/mol. The van der Waals surface area contributed by atoms with E-state index in [1.54, 1.807) is 0 Å². The molecule has 0 unspecified atom stereocenters. The van der Waals surface area contributed by atoms with Crippen LogP contribution in [0.25, 0.3) is 0 Å². The van der Waals surface area contributed by atoms with Gasteiger partial charge in [0.15, 0.2) is 0 Å². The van der Waals surface area contributed by atoms with Gasteiger partial charge >= 0.3 is 5.97 Å². The van der Waals surface area contributed by atoms with E-state index in [9.17, 15) is 14.9 Å². The minimum Gasteiger partial charge on any atom is -0.465 e. The first-order chi connectivity index (χ1) is 8.58. The summed E-state index contributed by atoms with van der Waals surface area (Å²) in [7, 11) is 1.21. The molecule has 5 nitrogen and oxygen atoms in total. The van der Waals surface area contributed by atoms with E-state index in [-0.39, 0.29) is 11.3 Å². The molecule has 0 spiro atoms. The van der Waals surface area contributed by atoms with Crippen molar-refractivity contribution in [1.82, 2.24) is 0 Å². The van der Waals surface area contributed by atoms with Crippen LogP contribution in [0.1, 0.15) is 22.3 Å². The summed E-state index contributed by atoms with van der Waals surface area (Å²) in [6, 6.07) is 3.90. The number of nitro benzene ring substituents is 1. The second-order valence-corrected chi connectivity index (χ2v) is 3.64. The lowest BCUT2D eigenvalue weighted by Crippen LogP contribution is -2.03. The second-order valence-electron chi connectivity index (χ2n) is 3.26. The Bertz CT molecular complexity index is 531. The minimum atomic E-state index is -0.640. The third kappa shape index (κ3) is 3.75. The Hall–Kier alpha value is -2.06. The molecule has 6 heteroatoms. The van der Waals surface area contributed by atoms with Gasteiger partial charge in [0.1, 0.15) is 0 Å². The summed E-state index contributed by atoms with van der Waals surface area (Å²) < 4.78 is 4.52. The number of ether oxygens (including phenoxy) is 1. The molecular formula is C12H10ClNO4. The second kappa shape index (κ2) is 6.62. The van der Waals surface area contributed by atoms with Crippen molar-refractivity contribution in [3.63, 3.8) is 0 Å². The Morgan fingerprint density at radius 2 is 2.22 bits per heavy atom. The predicted octanol–water partition coefficient (Wildman–Crippen LogP) is 2.36. The number of alkyl halides is 1. The fraction of sp³-hybridized carbons (Fsp3) is 0.250. The largest absolute Gasteiger partial charge is 0.465 e. The van der Waals surface area contributed by atoms with Crippen molar-refractivity contribution in [2.45, 2.75) is 6.42 Å². The molecule has 0 bridgehead atoms. The molecule has 1 aromatic carbocycles. The van der Waals surface area contributed by atoms with Crippen molar-refractivity contribution in [2.24, 2.45) is 0 Å². The number of carbonyl (C=O) groups excluding carboxylic acids is 1. The zero-order valence-electron chi connectivity index (χ0n) is 9.60. The standard InChI is InChI=1S/C12H10ClNO4/c1-18-12(15)10-6-9(4-2-3-5-13)7-11(8-10)14(16)17/h6-8H,3,5H2,1H3. The van der Waals surface area contributed by atoms with E-state index in [1.165, 1.54) is 19.2 Å². The van der Waals surface area contributed by atoms with Crippen molar-refractivity contribution < 1.29 is 14.5 Å². The Balaban J connectivity index is 3.19. The molecule has 0 saturated carbocycles. The van der Waals surface area contributed by atoms with Gasteiger partial charge in [-0.2, -0.15) is 0 Å². The van der Waals surface area contributed by atoms with Gasteiger partial charge in [0, 0.05) is 30.0 Å². The molecule has 1 aromatic rings. The quantitative estimate of drug-likeness (QED) is 0.277. The van der Waals surface area contributed by atoms with Crippen LogP contribution in [0.5, 0.6) is 0 Å². The number of rotatable bonds is 3. The number of benzene rings is 1. The molecule has 0 saturated heterocycles. The van der Waals surface area contributed by atoms with E-state index in [0.29, 0.717) is 17.9 Å². The summed E-state index contributed by atoms with van der Waals surface area (Å²) in [5, 5.41) is 10.7. The van der Waals surface area contributed by atoms with Gasteiger partial charge in [-0.3, -0.25) is 10.1 Å². The summed E-state index contributed by atoms with van der Waals surface area (Å²) >= 11 is 5.47. The van der Waals surface area contributed by atoms with Gasteiger partial charge in [0.25, 0.3) is 5.69 Å². The molecule has 0 amide bonds. The summed E-state index contributed by atoms with van der Waals surface area (Å²) in [4.78, 5) is 21.5. The molecule has 0 aliphatic heterocycles. The van der Waals surface area contributed by atoms with Gasteiger partial charge in [-0.05, 0) is 6.07 Å². The Morgan fingerprint density at radius 1 is 1.50 bits per heavy atom. The maximum Gasteiger partial charge on any atom is 0.338 e. The number of hydrogen-bond donors (Lipinski definition) is 0. The lowest BCUT2D eigenvalue weighted by molar-refractivity contribution is -0.384. The van der Waals surface area contributed by atoms with Crippen LogP contribution in [-0.2, 0) is 4.74 Å². The average Bonchev–Trinajstić information content (AvgIpc) is 2.37. The number of hydrogen-bond acceptors (Lipinski definition) is 4. The van der Waals surface area contributed by atoms with Crippen molar-refractivity contribution in [2.75, 3.05) is 13.0 Å². The van der Waals surface area contributed by atoms with E-state index in [2.05, 4.69) is 16.6 Å². The van der Waals surface area contributed by atoms with Crippen molar-refractivity contribution in [3.8, 4) is 11.8 Å². The maximum atomic E-state index is 11.4. The van der Waals surface area contributed by atoms with Gasteiger partial charge in [0.2, 0.25) is 0 Å². The highest BCUT2D eigenvalue weighted by Gasteiger charge is 2.14. The topological polar surface area (TPSA) is 69.4 Å². The summed E-state index contributed by atoms with van der Waals surface area (Å²) in [5.74, 6) is 5.20. The smallest absolute Gasteiger partial charge is 0.338 e. The number of methoxy groups -OCH3 is 1. The number of nitrogens with zero attached hydrogens (tertiary/aromatic N) is 1. The number of nitro groups is 1. The van der Waals surface area contributed by atoms with Crippen LogP contribution in [0, 0.1) is 22.0 Å². The summed E-state index contributed by atoms with van der Waals surface area (Å²) in [6.07, 6.45) is 0.470. The van der Waals surface area contributed by atoms with Gasteiger partial charge in [-0.1, -0.05) is 11.8 Å². The predicted molar refractivity (Wildman–Crippen MR) is 66.7 cm³/mol.